The minimum atomic E-state index is -0.648. The number of unbranched alkanes of at least 4 members (excludes halogenated alkanes) is 6. The second-order valence-electron chi connectivity index (χ2n) is 6.54. The lowest BCUT2D eigenvalue weighted by Gasteiger charge is -2.20. The van der Waals surface area contributed by atoms with Crippen LogP contribution < -0.4 is 11.1 Å². The van der Waals surface area contributed by atoms with Gasteiger partial charge in [-0.25, -0.2) is 0 Å². The lowest BCUT2D eigenvalue weighted by Crippen LogP contribution is -2.43. The predicted molar refractivity (Wildman–Crippen MR) is 89.1 cm³/mol. The number of hydrogen-bond donors (Lipinski definition) is 3. The van der Waals surface area contributed by atoms with Crippen molar-refractivity contribution in [1.29, 1.82) is 0 Å². The van der Waals surface area contributed by atoms with Gasteiger partial charge < -0.3 is 16.2 Å². The molecule has 0 radical (unpaired) electrons. The lowest BCUT2D eigenvalue weighted by molar-refractivity contribution is -0.121. The molecule has 2 atom stereocenters. The fourth-order valence-electron chi connectivity index (χ4n) is 2.40. The summed E-state index contributed by atoms with van der Waals surface area (Å²) in [6.45, 7) is 6.63. The van der Waals surface area contributed by atoms with Crippen LogP contribution in [0, 0.1) is 5.92 Å². The van der Waals surface area contributed by atoms with Gasteiger partial charge in [-0.05, 0) is 18.8 Å². The maximum atomic E-state index is 11.7. The maximum Gasteiger partial charge on any atom is 0.220 e. The van der Waals surface area contributed by atoms with Gasteiger partial charge in [0, 0.05) is 19.0 Å². The van der Waals surface area contributed by atoms with Crippen LogP contribution in [0.15, 0.2) is 0 Å². The van der Waals surface area contributed by atoms with E-state index in [4.69, 9.17) is 5.73 Å². The minimum Gasteiger partial charge on any atom is -0.390 e. The van der Waals surface area contributed by atoms with Gasteiger partial charge in [0.2, 0.25) is 5.91 Å². The average Bonchev–Trinajstić information content (AvgIpc) is 2.43. The van der Waals surface area contributed by atoms with Gasteiger partial charge in [-0.2, -0.15) is 0 Å². The van der Waals surface area contributed by atoms with Crippen LogP contribution in [0.5, 0.6) is 0 Å². The van der Waals surface area contributed by atoms with Crippen molar-refractivity contribution < 1.29 is 9.90 Å². The molecule has 0 aliphatic carbocycles. The van der Waals surface area contributed by atoms with Crippen molar-refractivity contribution in [3.05, 3.63) is 0 Å². The highest BCUT2D eigenvalue weighted by Gasteiger charge is 2.16. The van der Waals surface area contributed by atoms with Crippen LogP contribution in [0.25, 0.3) is 0 Å². The van der Waals surface area contributed by atoms with Crippen LogP contribution in [0.3, 0.4) is 0 Å². The van der Waals surface area contributed by atoms with Gasteiger partial charge in [-0.1, -0.05) is 59.3 Å². The Morgan fingerprint density at radius 1 is 1.10 bits per heavy atom. The fourth-order valence-corrected chi connectivity index (χ4v) is 2.40. The highest BCUT2D eigenvalue weighted by Crippen LogP contribution is 2.08. The molecule has 0 heterocycles. The summed E-state index contributed by atoms with van der Waals surface area (Å²) in [5, 5.41) is 12.6. The Balaban J connectivity index is 3.53. The van der Waals surface area contributed by atoms with E-state index in [-0.39, 0.29) is 18.5 Å². The molecule has 0 aromatic heterocycles. The highest BCUT2D eigenvalue weighted by atomic mass is 16.3. The maximum absolute atomic E-state index is 11.7. The summed E-state index contributed by atoms with van der Waals surface area (Å²) in [7, 11) is 0. The van der Waals surface area contributed by atoms with E-state index in [1.54, 1.807) is 0 Å². The summed E-state index contributed by atoms with van der Waals surface area (Å²) in [6.07, 6.45) is 9.12. The van der Waals surface area contributed by atoms with Gasteiger partial charge in [0.15, 0.2) is 0 Å². The Morgan fingerprint density at radius 2 is 1.67 bits per heavy atom. The van der Waals surface area contributed by atoms with Gasteiger partial charge in [-0.3, -0.25) is 4.79 Å². The van der Waals surface area contributed by atoms with Crippen LogP contribution in [-0.2, 0) is 4.79 Å². The lowest BCUT2D eigenvalue weighted by atomic mass is 10.00. The van der Waals surface area contributed by atoms with Crippen molar-refractivity contribution in [2.45, 2.75) is 90.7 Å². The topological polar surface area (TPSA) is 75.3 Å². The summed E-state index contributed by atoms with van der Waals surface area (Å²) in [5.41, 5.74) is 5.88. The Hall–Kier alpha value is -0.610. The van der Waals surface area contributed by atoms with Gasteiger partial charge in [0.05, 0.1) is 6.10 Å². The number of amides is 1. The Bertz CT molecular complexity index is 257. The first-order valence-electron chi connectivity index (χ1n) is 8.67. The molecule has 0 aromatic rings. The van der Waals surface area contributed by atoms with Gasteiger partial charge >= 0.3 is 0 Å². The summed E-state index contributed by atoms with van der Waals surface area (Å²) in [5.74, 6) is 0.484. The summed E-state index contributed by atoms with van der Waals surface area (Å²) >= 11 is 0. The summed E-state index contributed by atoms with van der Waals surface area (Å²) in [4.78, 5) is 11.7. The molecule has 4 N–H and O–H groups in total. The third-order valence-electron chi connectivity index (χ3n) is 3.75. The van der Waals surface area contributed by atoms with Crippen molar-refractivity contribution in [2.24, 2.45) is 11.7 Å². The number of hydrogen-bond acceptors (Lipinski definition) is 3. The second-order valence-corrected chi connectivity index (χ2v) is 6.54. The molecule has 126 valence electrons. The quantitative estimate of drug-likeness (QED) is 0.458. The molecule has 0 aromatic carbocycles. The molecule has 1 amide bonds. The van der Waals surface area contributed by atoms with Crippen LogP contribution in [-0.4, -0.2) is 29.7 Å². The van der Waals surface area contributed by atoms with E-state index in [0.29, 0.717) is 12.3 Å². The highest BCUT2D eigenvalue weighted by molar-refractivity contribution is 5.75. The molecule has 0 spiro atoms. The molecule has 4 heteroatoms. The van der Waals surface area contributed by atoms with Crippen molar-refractivity contribution in [3.8, 4) is 0 Å². The van der Waals surface area contributed by atoms with Crippen molar-refractivity contribution in [2.75, 3.05) is 6.54 Å². The van der Waals surface area contributed by atoms with E-state index in [9.17, 15) is 9.90 Å². The third-order valence-corrected chi connectivity index (χ3v) is 3.75. The number of aliphatic hydroxyl groups is 1. The first-order chi connectivity index (χ1) is 9.97. The Labute approximate surface area is 130 Å². The molecule has 4 nitrogen and oxygen atoms in total. The van der Waals surface area contributed by atoms with Crippen LogP contribution in [0.1, 0.15) is 78.6 Å². The molecule has 0 bridgehead atoms. The summed E-state index contributed by atoms with van der Waals surface area (Å²) < 4.78 is 0. The van der Waals surface area contributed by atoms with Gasteiger partial charge in [0.1, 0.15) is 0 Å². The molecular formula is C17H36N2O2. The second kappa shape index (κ2) is 13.1. The van der Waals surface area contributed by atoms with E-state index in [0.717, 1.165) is 19.3 Å². The van der Waals surface area contributed by atoms with E-state index in [1.165, 1.54) is 32.1 Å². The Kier molecular flexibility index (Phi) is 12.7. The Morgan fingerprint density at radius 3 is 2.24 bits per heavy atom. The molecule has 0 fully saturated rings. The standard InChI is InChI=1S/C17H36N2O2/c1-4-5-6-7-8-9-10-11-17(21)19-13-16(20)15(18)12-14(2)3/h14-16,20H,4-13,18H2,1-3H3,(H,19,21). The van der Waals surface area contributed by atoms with Gasteiger partial charge in [-0.15, -0.1) is 0 Å². The number of nitrogens with two attached hydrogens (primary N) is 1. The predicted octanol–water partition coefficient (Wildman–Crippen LogP) is 2.98. The van der Waals surface area contributed by atoms with Crippen LogP contribution in [0.2, 0.25) is 0 Å². The smallest absolute Gasteiger partial charge is 0.220 e. The number of carbonyl (C=O) groups is 1. The monoisotopic (exact) mass is 300 g/mol. The zero-order valence-corrected chi connectivity index (χ0v) is 14.2. The molecule has 0 aliphatic rings. The number of rotatable bonds is 13. The van der Waals surface area contributed by atoms with Crippen molar-refractivity contribution in [1.82, 2.24) is 5.32 Å². The van der Waals surface area contributed by atoms with Crippen LogP contribution >= 0.6 is 0 Å². The molecule has 0 saturated carbocycles. The summed E-state index contributed by atoms with van der Waals surface area (Å²) in [6, 6.07) is -0.260. The zero-order valence-electron chi connectivity index (χ0n) is 14.2. The average molecular weight is 300 g/mol. The first kappa shape index (κ1) is 20.4. The minimum absolute atomic E-state index is 0.0272. The van der Waals surface area contributed by atoms with Crippen LogP contribution in [0.4, 0.5) is 0 Å². The zero-order chi connectivity index (χ0) is 16.1. The van der Waals surface area contributed by atoms with Crippen molar-refractivity contribution >= 4 is 5.91 Å². The fraction of sp³-hybridized carbons (Fsp3) is 0.941. The molecule has 21 heavy (non-hydrogen) atoms. The number of carbonyl (C=O) groups excluding carboxylic acids is 1. The van der Waals surface area contributed by atoms with E-state index < -0.39 is 6.10 Å². The molecule has 0 aliphatic heterocycles. The molecule has 2 unspecified atom stereocenters. The molecule has 0 saturated heterocycles. The largest absolute Gasteiger partial charge is 0.390 e. The molecule has 0 rings (SSSR count). The van der Waals surface area contributed by atoms with E-state index >= 15 is 0 Å². The van der Waals surface area contributed by atoms with E-state index in [1.807, 2.05) is 0 Å². The van der Waals surface area contributed by atoms with Gasteiger partial charge in [0.25, 0.3) is 0 Å². The SMILES string of the molecule is CCCCCCCCCC(=O)NCC(O)C(N)CC(C)C. The molecular weight excluding hydrogens is 264 g/mol. The van der Waals surface area contributed by atoms with Crippen molar-refractivity contribution in [3.63, 3.8) is 0 Å². The van der Waals surface area contributed by atoms with E-state index in [2.05, 4.69) is 26.1 Å². The third kappa shape index (κ3) is 12.8. The normalized spacial score (nSPS) is 14.2. The first-order valence-corrected chi connectivity index (χ1v) is 8.67. The number of aliphatic hydroxyl groups excluding tert-OH is 1. The number of nitrogens with one attached hydrogen (secondary N) is 1.